The van der Waals surface area contributed by atoms with Gasteiger partial charge < -0.3 is 4.74 Å². The molecule has 2 aromatic carbocycles. The zero-order valence-corrected chi connectivity index (χ0v) is 12.3. The Morgan fingerprint density at radius 1 is 1.05 bits per heavy atom. The van der Waals surface area contributed by atoms with Crippen molar-refractivity contribution in [3.05, 3.63) is 54.6 Å². The molecule has 0 spiro atoms. The molecule has 0 radical (unpaired) electrons. The molecular formula is C15H15NO4S. The molecule has 0 heterocycles. The van der Waals surface area contributed by atoms with E-state index in [0.717, 1.165) is 5.56 Å². The van der Waals surface area contributed by atoms with Crippen molar-refractivity contribution in [1.82, 2.24) is 4.72 Å². The number of carbonyl (C=O) groups excluding carboxylic acids is 1. The van der Waals surface area contributed by atoms with Crippen LogP contribution in [0.3, 0.4) is 0 Å². The number of sulfonamides is 1. The van der Waals surface area contributed by atoms with Gasteiger partial charge in [-0.3, -0.25) is 0 Å². The van der Waals surface area contributed by atoms with Gasteiger partial charge in [0.1, 0.15) is 0 Å². The van der Waals surface area contributed by atoms with Crippen molar-refractivity contribution in [2.75, 3.05) is 6.61 Å². The van der Waals surface area contributed by atoms with Gasteiger partial charge in [0, 0.05) is 5.56 Å². The Bertz CT molecular complexity index is 726. The molecule has 0 saturated heterocycles. The monoisotopic (exact) mass is 305 g/mol. The molecule has 2 aromatic rings. The largest absolute Gasteiger partial charge is 0.449 e. The van der Waals surface area contributed by atoms with E-state index in [2.05, 4.69) is 4.74 Å². The van der Waals surface area contributed by atoms with Crippen LogP contribution in [0, 0.1) is 0 Å². The molecule has 0 saturated carbocycles. The maximum absolute atomic E-state index is 12.3. The standard InChI is InChI=1S/C15H15NO4S/c1-2-20-15(17)16-21(18,19)14-11-7-6-10-13(14)12-8-4-3-5-9-12/h3-11H,2H2,1H3,(H,16,17). The van der Waals surface area contributed by atoms with Crippen LogP contribution in [0.25, 0.3) is 11.1 Å². The third kappa shape index (κ3) is 3.61. The molecule has 5 nitrogen and oxygen atoms in total. The zero-order chi connectivity index (χ0) is 15.3. The molecule has 6 heteroatoms. The molecule has 1 N–H and O–H groups in total. The van der Waals surface area contributed by atoms with E-state index >= 15 is 0 Å². The van der Waals surface area contributed by atoms with Gasteiger partial charge >= 0.3 is 6.09 Å². The van der Waals surface area contributed by atoms with Crippen LogP contribution in [0.15, 0.2) is 59.5 Å². The Labute approximate surface area is 123 Å². The van der Waals surface area contributed by atoms with Crippen molar-refractivity contribution < 1.29 is 17.9 Å². The Kier molecular flexibility index (Phi) is 4.59. The number of ether oxygens (including phenoxy) is 1. The molecule has 1 amide bonds. The quantitative estimate of drug-likeness (QED) is 0.942. The first-order valence-electron chi connectivity index (χ1n) is 6.38. The third-order valence-electron chi connectivity index (χ3n) is 2.75. The number of benzene rings is 2. The van der Waals surface area contributed by atoms with Crippen LogP contribution < -0.4 is 4.72 Å². The first kappa shape index (κ1) is 15.1. The Balaban J connectivity index is 2.43. The Morgan fingerprint density at radius 3 is 2.33 bits per heavy atom. The predicted octanol–water partition coefficient (Wildman–Crippen LogP) is 2.79. The normalized spacial score (nSPS) is 10.9. The highest BCUT2D eigenvalue weighted by Crippen LogP contribution is 2.26. The Hall–Kier alpha value is -2.34. The van der Waals surface area contributed by atoms with Crippen molar-refractivity contribution in [2.45, 2.75) is 11.8 Å². The van der Waals surface area contributed by atoms with E-state index < -0.39 is 16.1 Å². The second-order valence-corrected chi connectivity index (χ2v) is 5.84. The van der Waals surface area contributed by atoms with E-state index in [9.17, 15) is 13.2 Å². The van der Waals surface area contributed by atoms with Crippen LogP contribution >= 0.6 is 0 Å². The van der Waals surface area contributed by atoms with E-state index in [0.29, 0.717) is 5.56 Å². The zero-order valence-electron chi connectivity index (χ0n) is 11.4. The summed E-state index contributed by atoms with van der Waals surface area (Å²) < 4.78 is 31.1. The molecule has 110 valence electrons. The average molecular weight is 305 g/mol. The molecule has 0 aliphatic carbocycles. The van der Waals surface area contributed by atoms with E-state index in [1.54, 1.807) is 37.3 Å². The fourth-order valence-corrected chi connectivity index (χ4v) is 3.00. The summed E-state index contributed by atoms with van der Waals surface area (Å²) >= 11 is 0. The van der Waals surface area contributed by atoms with Crippen LogP contribution in [0.2, 0.25) is 0 Å². The van der Waals surface area contributed by atoms with Gasteiger partial charge in [-0.25, -0.2) is 17.9 Å². The van der Waals surface area contributed by atoms with Crippen molar-refractivity contribution >= 4 is 16.1 Å². The number of rotatable bonds is 4. The highest BCUT2D eigenvalue weighted by molar-refractivity contribution is 7.90. The third-order valence-corrected chi connectivity index (χ3v) is 4.12. The van der Waals surface area contributed by atoms with Crippen molar-refractivity contribution in [2.24, 2.45) is 0 Å². The first-order valence-corrected chi connectivity index (χ1v) is 7.87. The lowest BCUT2D eigenvalue weighted by molar-refractivity contribution is 0.158. The van der Waals surface area contributed by atoms with Gasteiger partial charge in [-0.1, -0.05) is 48.5 Å². The summed E-state index contributed by atoms with van der Waals surface area (Å²) in [4.78, 5) is 11.4. The fourth-order valence-electron chi connectivity index (χ4n) is 1.88. The smallest absolute Gasteiger partial charge is 0.421 e. The van der Waals surface area contributed by atoms with E-state index in [-0.39, 0.29) is 11.5 Å². The van der Waals surface area contributed by atoms with Crippen LogP contribution in [0.5, 0.6) is 0 Å². The lowest BCUT2D eigenvalue weighted by Gasteiger charge is -2.11. The maximum atomic E-state index is 12.3. The molecule has 0 aromatic heterocycles. The minimum atomic E-state index is -3.99. The molecular weight excluding hydrogens is 290 g/mol. The number of nitrogens with one attached hydrogen (secondary N) is 1. The first-order chi connectivity index (χ1) is 10.0. The van der Waals surface area contributed by atoms with Crippen LogP contribution in [-0.2, 0) is 14.8 Å². The minimum Gasteiger partial charge on any atom is -0.449 e. The summed E-state index contributed by atoms with van der Waals surface area (Å²) in [7, 11) is -3.99. The van der Waals surface area contributed by atoms with Gasteiger partial charge in [-0.2, -0.15) is 0 Å². The lowest BCUT2D eigenvalue weighted by atomic mass is 10.1. The lowest BCUT2D eigenvalue weighted by Crippen LogP contribution is -2.31. The topological polar surface area (TPSA) is 72.5 Å². The van der Waals surface area contributed by atoms with Gasteiger partial charge in [-0.15, -0.1) is 0 Å². The van der Waals surface area contributed by atoms with Crippen LogP contribution in [-0.4, -0.2) is 21.1 Å². The highest BCUT2D eigenvalue weighted by atomic mass is 32.2. The number of hydrogen-bond donors (Lipinski definition) is 1. The SMILES string of the molecule is CCOC(=O)NS(=O)(=O)c1ccccc1-c1ccccc1. The second-order valence-electron chi connectivity index (χ2n) is 4.19. The highest BCUT2D eigenvalue weighted by Gasteiger charge is 2.21. The number of hydrogen-bond acceptors (Lipinski definition) is 4. The van der Waals surface area contributed by atoms with Gasteiger partial charge in [0.15, 0.2) is 0 Å². The summed E-state index contributed by atoms with van der Waals surface area (Å²) in [5.41, 5.74) is 1.28. The molecule has 0 fully saturated rings. The van der Waals surface area contributed by atoms with Crippen molar-refractivity contribution in [1.29, 1.82) is 0 Å². The summed E-state index contributed by atoms with van der Waals surface area (Å²) in [5, 5.41) is 0. The average Bonchev–Trinajstić information content (AvgIpc) is 2.48. The van der Waals surface area contributed by atoms with Crippen molar-refractivity contribution in [3.63, 3.8) is 0 Å². The molecule has 0 atom stereocenters. The van der Waals surface area contributed by atoms with E-state index in [1.807, 2.05) is 22.9 Å². The summed E-state index contributed by atoms with van der Waals surface area (Å²) in [6, 6.07) is 15.6. The molecule has 0 aliphatic heterocycles. The molecule has 2 rings (SSSR count). The van der Waals surface area contributed by atoms with Gasteiger partial charge in [-0.05, 0) is 18.6 Å². The molecule has 21 heavy (non-hydrogen) atoms. The van der Waals surface area contributed by atoms with Crippen LogP contribution in [0.1, 0.15) is 6.92 Å². The summed E-state index contributed by atoms with van der Waals surface area (Å²) in [6.07, 6.45) is -0.986. The van der Waals surface area contributed by atoms with Gasteiger partial charge in [0.05, 0.1) is 11.5 Å². The Morgan fingerprint density at radius 2 is 1.67 bits per heavy atom. The summed E-state index contributed by atoms with van der Waals surface area (Å²) in [6.45, 7) is 1.70. The molecule has 0 aliphatic rings. The van der Waals surface area contributed by atoms with E-state index in [1.165, 1.54) is 6.07 Å². The van der Waals surface area contributed by atoms with Gasteiger partial charge in [0.2, 0.25) is 0 Å². The summed E-state index contributed by atoms with van der Waals surface area (Å²) in [5.74, 6) is 0. The number of amides is 1. The number of carbonyl (C=O) groups is 1. The minimum absolute atomic E-state index is 0.0317. The van der Waals surface area contributed by atoms with Crippen molar-refractivity contribution in [3.8, 4) is 11.1 Å². The van der Waals surface area contributed by atoms with Crippen LogP contribution in [0.4, 0.5) is 4.79 Å². The fraction of sp³-hybridized carbons (Fsp3) is 0.133. The maximum Gasteiger partial charge on any atom is 0.421 e. The molecule has 0 unspecified atom stereocenters. The van der Waals surface area contributed by atoms with Gasteiger partial charge in [0.25, 0.3) is 10.0 Å². The van der Waals surface area contributed by atoms with E-state index in [4.69, 9.17) is 0 Å². The predicted molar refractivity (Wildman–Crippen MR) is 79.2 cm³/mol. The second kappa shape index (κ2) is 6.41. The molecule has 0 bridgehead atoms.